The van der Waals surface area contributed by atoms with Crippen LogP contribution in [0.25, 0.3) is 22.7 Å². The fourth-order valence-electron chi connectivity index (χ4n) is 4.16. The van der Waals surface area contributed by atoms with Crippen LogP contribution in [0.4, 0.5) is 5.82 Å². The van der Waals surface area contributed by atoms with E-state index in [1.165, 1.54) is 0 Å². The van der Waals surface area contributed by atoms with Crippen molar-refractivity contribution in [2.24, 2.45) is 0 Å². The molecule has 1 aliphatic rings. The van der Waals surface area contributed by atoms with Crippen LogP contribution in [0, 0.1) is 13.8 Å². The average molecular weight is 460 g/mol. The van der Waals surface area contributed by atoms with Gasteiger partial charge in [-0.1, -0.05) is 49.3 Å². The van der Waals surface area contributed by atoms with Crippen molar-refractivity contribution in [3.05, 3.63) is 59.6 Å². The smallest absolute Gasteiger partial charge is 0.253 e. The van der Waals surface area contributed by atoms with Gasteiger partial charge in [-0.05, 0) is 13.8 Å². The minimum Gasteiger partial charge on any atom is -0.419 e. The van der Waals surface area contributed by atoms with E-state index in [1.807, 2.05) is 44.2 Å². The number of nitrogens with zero attached hydrogens (tertiary/aromatic N) is 7. The van der Waals surface area contributed by atoms with Crippen molar-refractivity contribution in [1.82, 2.24) is 30.2 Å². The zero-order chi connectivity index (χ0) is 23.7. The van der Waals surface area contributed by atoms with E-state index in [2.05, 4.69) is 50.1 Å². The summed E-state index contributed by atoms with van der Waals surface area (Å²) in [5.41, 5.74) is 3.41. The van der Waals surface area contributed by atoms with Gasteiger partial charge < -0.3 is 13.8 Å². The molecule has 1 aliphatic heterocycles. The molecule has 0 bridgehead atoms. The van der Waals surface area contributed by atoms with Crippen LogP contribution in [-0.4, -0.2) is 56.4 Å². The molecule has 9 heteroatoms. The molecular weight excluding hydrogens is 430 g/mol. The minimum absolute atomic E-state index is 0.308. The molecule has 5 rings (SSSR count). The highest BCUT2D eigenvalue weighted by Gasteiger charge is 2.24. The van der Waals surface area contributed by atoms with Crippen LogP contribution in [0.1, 0.15) is 42.9 Å². The molecule has 0 amide bonds. The SMILES string of the molecule is Cc1cc(N2CCN(Cc3nnc(-c4c(-c5ccccc5)noc4C)o3)CC2)nc(C(C)C)n1. The maximum atomic E-state index is 6.04. The highest BCUT2D eigenvalue weighted by molar-refractivity contribution is 5.77. The molecule has 0 saturated carbocycles. The quantitative estimate of drug-likeness (QED) is 0.419. The molecule has 34 heavy (non-hydrogen) atoms. The highest BCUT2D eigenvalue weighted by atomic mass is 16.5. The van der Waals surface area contributed by atoms with Crippen molar-refractivity contribution < 1.29 is 8.94 Å². The van der Waals surface area contributed by atoms with E-state index in [9.17, 15) is 0 Å². The van der Waals surface area contributed by atoms with E-state index in [0.29, 0.717) is 35.7 Å². The summed E-state index contributed by atoms with van der Waals surface area (Å²) in [5.74, 6) is 3.89. The normalized spacial score (nSPS) is 14.8. The van der Waals surface area contributed by atoms with Gasteiger partial charge in [0, 0.05) is 49.4 Å². The van der Waals surface area contributed by atoms with Crippen molar-refractivity contribution in [2.75, 3.05) is 31.1 Å². The number of rotatable bonds is 6. The average Bonchev–Trinajstić information content (AvgIpc) is 3.45. The standard InChI is InChI=1S/C25H29N7O2/c1-16(2)24-26-17(3)14-20(27-24)32-12-10-31(11-13-32)15-21-28-29-25(33-21)22-18(4)34-30-23(22)19-8-6-5-7-9-19/h5-9,14,16H,10-13,15H2,1-4H3. The minimum atomic E-state index is 0.308. The summed E-state index contributed by atoms with van der Waals surface area (Å²) >= 11 is 0. The molecule has 0 radical (unpaired) electrons. The van der Waals surface area contributed by atoms with Crippen molar-refractivity contribution >= 4 is 5.82 Å². The molecule has 3 aromatic heterocycles. The van der Waals surface area contributed by atoms with Gasteiger partial charge in [-0.2, -0.15) is 0 Å². The van der Waals surface area contributed by atoms with Gasteiger partial charge in [0.1, 0.15) is 28.7 Å². The molecule has 4 aromatic rings. The van der Waals surface area contributed by atoms with Crippen LogP contribution in [-0.2, 0) is 6.54 Å². The van der Waals surface area contributed by atoms with E-state index in [-0.39, 0.29) is 0 Å². The second-order valence-electron chi connectivity index (χ2n) is 8.97. The lowest BCUT2D eigenvalue weighted by Gasteiger charge is -2.35. The Morgan fingerprint density at radius 3 is 2.47 bits per heavy atom. The lowest BCUT2D eigenvalue weighted by atomic mass is 10.1. The first kappa shape index (κ1) is 22.2. The fraction of sp³-hybridized carbons (Fsp3) is 0.400. The number of piperazine rings is 1. The highest BCUT2D eigenvalue weighted by Crippen LogP contribution is 2.33. The third-order valence-corrected chi connectivity index (χ3v) is 6.02. The van der Waals surface area contributed by atoms with E-state index in [0.717, 1.165) is 54.6 Å². The summed E-state index contributed by atoms with van der Waals surface area (Å²) in [4.78, 5) is 14.0. The number of hydrogen-bond acceptors (Lipinski definition) is 9. The second kappa shape index (κ2) is 9.34. The van der Waals surface area contributed by atoms with Crippen LogP contribution < -0.4 is 4.90 Å². The zero-order valence-corrected chi connectivity index (χ0v) is 20.0. The van der Waals surface area contributed by atoms with Crippen molar-refractivity contribution in [2.45, 2.75) is 40.2 Å². The maximum Gasteiger partial charge on any atom is 0.253 e. The van der Waals surface area contributed by atoms with Gasteiger partial charge in [0.25, 0.3) is 5.89 Å². The predicted octanol–water partition coefficient (Wildman–Crippen LogP) is 4.24. The second-order valence-corrected chi connectivity index (χ2v) is 8.97. The first-order chi connectivity index (χ1) is 16.5. The number of aromatic nitrogens is 5. The molecule has 1 fully saturated rings. The van der Waals surface area contributed by atoms with E-state index < -0.39 is 0 Å². The predicted molar refractivity (Wildman–Crippen MR) is 128 cm³/mol. The van der Waals surface area contributed by atoms with Crippen LogP contribution in [0.5, 0.6) is 0 Å². The first-order valence-electron chi connectivity index (χ1n) is 11.6. The molecular formula is C25H29N7O2. The molecule has 0 N–H and O–H groups in total. The Morgan fingerprint density at radius 2 is 1.74 bits per heavy atom. The lowest BCUT2D eigenvalue weighted by molar-refractivity contribution is 0.226. The van der Waals surface area contributed by atoms with Crippen molar-refractivity contribution in [1.29, 1.82) is 0 Å². The summed E-state index contributed by atoms with van der Waals surface area (Å²) < 4.78 is 11.5. The third-order valence-electron chi connectivity index (χ3n) is 6.02. The Hall–Kier alpha value is -3.59. The Kier molecular flexibility index (Phi) is 6.10. The van der Waals surface area contributed by atoms with Crippen LogP contribution in [0.3, 0.4) is 0 Å². The van der Waals surface area contributed by atoms with E-state index in [4.69, 9.17) is 13.9 Å². The van der Waals surface area contributed by atoms with Gasteiger partial charge in [0.15, 0.2) is 0 Å². The summed E-state index contributed by atoms with van der Waals surface area (Å²) in [6.07, 6.45) is 0. The lowest BCUT2D eigenvalue weighted by Crippen LogP contribution is -2.46. The number of aryl methyl sites for hydroxylation is 2. The molecule has 1 aromatic carbocycles. The first-order valence-corrected chi connectivity index (χ1v) is 11.6. The Morgan fingerprint density at radius 1 is 0.971 bits per heavy atom. The third kappa shape index (κ3) is 4.56. The Labute approximate surface area is 198 Å². The van der Waals surface area contributed by atoms with Crippen LogP contribution in [0.2, 0.25) is 0 Å². The molecule has 176 valence electrons. The van der Waals surface area contributed by atoms with Gasteiger partial charge >= 0.3 is 0 Å². The molecule has 9 nitrogen and oxygen atoms in total. The Balaban J connectivity index is 1.26. The zero-order valence-electron chi connectivity index (χ0n) is 20.0. The Bertz CT molecular complexity index is 1260. The van der Waals surface area contributed by atoms with Gasteiger partial charge in [0.05, 0.1) is 6.54 Å². The number of anilines is 1. The molecule has 0 spiro atoms. The van der Waals surface area contributed by atoms with E-state index in [1.54, 1.807) is 0 Å². The van der Waals surface area contributed by atoms with Crippen molar-refractivity contribution in [3.8, 4) is 22.7 Å². The monoisotopic (exact) mass is 459 g/mol. The number of benzene rings is 1. The van der Waals surface area contributed by atoms with Crippen molar-refractivity contribution in [3.63, 3.8) is 0 Å². The summed E-state index contributed by atoms with van der Waals surface area (Å²) in [5, 5.41) is 12.8. The largest absolute Gasteiger partial charge is 0.419 e. The summed E-state index contributed by atoms with van der Waals surface area (Å²) in [7, 11) is 0. The molecule has 0 atom stereocenters. The molecule has 1 saturated heterocycles. The summed E-state index contributed by atoms with van der Waals surface area (Å²) in [6, 6.07) is 11.9. The van der Waals surface area contributed by atoms with Crippen LogP contribution in [0.15, 0.2) is 45.3 Å². The van der Waals surface area contributed by atoms with E-state index >= 15 is 0 Å². The van der Waals surface area contributed by atoms with Gasteiger partial charge in [0.2, 0.25) is 5.89 Å². The summed E-state index contributed by atoms with van der Waals surface area (Å²) in [6.45, 7) is 12.3. The van der Waals surface area contributed by atoms with Crippen LogP contribution >= 0.6 is 0 Å². The topological polar surface area (TPSA) is 97.2 Å². The molecule has 4 heterocycles. The van der Waals surface area contributed by atoms with Gasteiger partial charge in [-0.3, -0.25) is 4.90 Å². The van der Waals surface area contributed by atoms with Gasteiger partial charge in [-0.25, -0.2) is 9.97 Å². The number of hydrogen-bond donors (Lipinski definition) is 0. The maximum absolute atomic E-state index is 6.04. The molecule has 0 unspecified atom stereocenters. The van der Waals surface area contributed by atoms with Gasteiger partial charge in [-0.15, -0.1) is 10.2 Å². The fourth-order valence-corrected chi connectivity index (χ4v) is 4.16. The molecule has 0 aliphatic carbocycles.